The highest BCUT2D eigenvalue weighted by atomic mass is 19.2. The zero-order valence-electron chi connectivity index (χ0n) is 9.63. The van der Waals surface area contributed by atoms with E-state index in [-0.39, 0.29) is 18.3 Å². The van der Waals surface area contributed by atoms with Crippen LogP contribution >= 0.6 is 0 Å². The zero-order chi connectivity index (χ0) is 12.7. The summed E-state index contributed by atoms with van der Waals surface area (Å²) in [6.07, 6.45) is 1.26. The Morgan fingerprint density at radius 2 is 2.12 bits per heavy atom. The number of carbonyl (C=O) groups is 1. The highest BCUT2D eigenvalue weighted by Gasteiger charge is 2.03. The van der Waals surface area contributed by atoms with Crippen LogP contribution in [0.2, 0.25) is 0 Å². The summed E-state index contributed by atoms with van der Waals surface area (Å²) in [4.78, 5) is 11.1. The average molecular weight is 243 g/mol. The van der Waals surface area contributed by atoms with Gasteiger partial charge in [0.15, 0.2) is 11.6 Å². The lowest BCUT2D eigenvalue weighted by molar-refractivity contribution is -0.121. The second kappa shape index (κ2) is 6.83. The van der Waals surface area contributed by atoms with Crippen molar-refractivity contribution in [3.05, 3.63) is 29.8 Å². The van der Waals surface area contributed by atoms with Gasteiger partial charge < -0.3 is 10.1 Å². The summed E-state index contributed by atoms with van der Waals surface area (Å²) in [6, 6.07) is 3.32. The highest BCUT2D eigenvalue weighted by Crippen LogP contribution is 2.14. The fourth-order valence-electron chi connectivity index (χ4n) is 1.24. The molecular weight excluding hydrogens is 228 g/mol. The molecule has 0 bridgehead atoms. The van der Waals surface area contributed by atoms with E-state index in [2.05, 4.69) is 5.32 Å². The van der Waals surface area contributed by atoms with Crippen molar-refractivity contribution in [3.8, 4) is 5.75 Å². The minimum Gasteiger partial charge on any atom is -0.492 e. The number of halogens is 2. The van der Waals surface area contributed by atoms with E-state index in [1.165, 1.54) is 6.07 Å². The van der Waals surface area contributed by atoms with Crippen LogP contribution in [0.1, 0.15) is 19.8 Å². The van der Waals surface area contributed by atoms with E-state index in [9.17, 15) is 13.6 Å². The molecule has 0 aliphatic rings. The van der Waals surface area contributed by atoms with Crippen molar-refractivity contribution >= 4 is 5.91 Å². The first-order chi connectivity index (χ1) is 8.13. The second-order valence-corrected chi connectivity index (χ2v) is 3.52. The highest BCUT2D eigenvalue weighted by molar-refractivity contribution is 5.75. The lowest BCUT2D eigenvalue weighted by atomic mass is 10.3. The molecule has 0 saturated carbocycles. The lowest BCUT2D eigenvalue weighted by Crippen LogP contribution is -2.27. The second-order valence-electron chi connectivity index (χ2n) is 3.52. The Hall–Kier alpha value is -1.65. The third-order valence-corrected chi connectivity index (χ3v) is 2.06. The minimum atomic E-state index is -0.947. The number of hydrogen-bond acceptors (Lipinski definition) is 2. The predicted molar refractivity (Wildman–Crippen MR) is 59.8 cm³/mol. The van der Waals surface area contributed by atoms with Crippen LogP contribution in [0.5, 0.6) is 5.75 Å². The maximum atomic E-state index is 12.8. The molecule has 1 N–H and O–H groups in total. The van der Waals surface area contributed by atoms with Gasteiger partial charge in [0.05, 0.1) is 6.54 Å². The topological polar surface area (TPSA) is 38.3 Å². The molecule has 5 heteroatoms. The van der Waals surface area contributed by atoms with Crippen molar-refractivity contribution in [2.75, 3.05) is 13.2 Å². The maximum absolute atomic E-state index is 12.8. The van der Waals surface area contributed by atoms with Gasteiger partial charge in [-0.3, -0.25) is 4.79 Å². The monoisotopic (exact) mass is 243 g/mol. The molecular formula is C12H15F2NO2. The number of amides is 1. The molecule has 3 nitrogen and oxygen atoms in total. The molecule has 0 atom stereocenters. The van der Waals surface area contributed by atoms with Crippen LogP contribution in [-0.4, -0.2) is 19.1 Å². The number of ether oxygens (including phenoxy) is 1. The van der Waals surface area contributed by atoms with Gasteiger partial charge in [-0.25, -0.2) is 8.78 Å². The standard InChI is InChI=1S/C12H15F2NO2/c1-2-3-12(16)15-6-7-17-9-4-5-10(13)11(14)8-9/h4-5,8H,2-3,6-7H2,1H3,(H,15,16). The van der Waals surface area contributed by atoms with E-state index in [1.54, 1.807) is 0 Å². The third-order valence-electron chi connectivity index (χ3n) is 2.06. The van der Waals surface area contributed by atoms with Crippen molar-refractivity contribution in [2.24, 2.45) is 0 Å². The van der Waals surface area contributed by atoms with Gasteiger partial charge >= 0.3 is 0 Å². The summed E-state index contributed by atoms with van der Waals surface area (Å²) in [5, 5.41) is 2.65. The first-order valence-corrected chi connectivity index (χ1v) is 5.48. The summed E-state index contributed by atoms with van der Waals surface area (Å²) in [5.74, 6) is -1.65. The molecule has 94 valence electrons. The molecule has 0 radical (unpaired) electrons. The molecule has 0 aliphatic carbocycles. The molecule has 0 saturated heterocycles. The Kier molecular flexibility index (Phi) is 5.39. The zero-order valence-corrected chi connectivity index (χ0v) is 9.63. The first-order valence-electron chi connectivity index (χ1n) is 5.48. The molecule has 0 aromatic heterocycles. The quantitative estimate of drug-likeness (QED) is 0.778. The van der Waals surface area contributed by atoms with Gasteiger partial charge in [0, 0.05) is 12.5 Å². The first kappa shape index (κ1) is 13.4. The number of benzene rings is 1. The molecule has 1 aromatic carbocycles. The van der Waals surface area contributed by atoms with Gasteiger partial charge in [-0.15, -0.1) is 0 Å². The Morgan fingerprint density at radius 1 is 1.35 bits per heavy atom. The number of carbonyl (C=O) groups excluding carboxylic acids is 1. The van der Waals surface area contributed by atoms with Gasteiger partial charge in [0.2, 0.25) is 5.91 Å². The van der Waals surface area contributed by atoms with Gasteiger partial charge in [-0.2, -0.15) is 0 Å². The number of rotatable bonds is 6. The van der Waals surface area contributed by atoms with E-state index in [0.29, 0.717) is 13.0 Å². The van der Waals surface area contributed by atoms with Crippen molar-refractivity contribution in [1.82, 2.24) is 5.32 Å². The van der Waals surface area contributed by atoms with E-state index in [0.717, 1.165) is 18.6 Å². The van der Waals surface area contributed by atoms with Crippen LogP contribution in [0.3, 0.4) is 0 Å². The summed E-state index contributed by atoms with van der Waals surface area (Å²) in [5.41, 5.74) is 0. The predicted octanol–water partition coefficient (Wildman–Crippen LogP) is 2.26. The van der Waals surface area contributed by atoms with Gasteiger partial charge in [-0.1, -0.05) is 6.92 Å². The van der Waals surface area contributed by atoms with Gasteiger partial charge in [0.25, 0.3) is 0 Å². The SMILES string of the molecule is CCCC(=O)NCCOc1ccc(F)c(F)c1. The van der Waals surface area contributed by atoms with Crippen molar-refractivity contribution in [1.29, 1.82) is 0 Å². The summed E-state index contributed by atoms with van der Waals surface area (Å²) in [6.45, 7) is 2.48. The molecule has 17 heavy (non-hydrogen) atoms. The van der Waals surface area contributed by atoms with Crippen LogP contribution in [-0.2, 0) is 4.79 Å². The van der Waals surface area contributed by atoms with Crippen LogP contribution in [0, 0.1) is 11.6 Å². The summed E-state index contributed by atoms with van der Waals surface area (Å²) < 4.78 is 30.5. The summed E-state index contributed by atoms with van der Waals surface area (Å²) in [7, 11) is 0. The Bertz CT molecular complexity index is 383. The lowest BCUT2D eigenvalue weighted by Gasteiger charge is -2.07. The molecule has 0 heterocycles. The average Bonchev–Trinajstić information content (AvgIpc) is 2.29. The van der Waals surface area contributed by atoms with Crippen molar-refractivity contribution in [2.45, 2.75) is 19.8 Å². The van der Waals surface area contributed by atoms with E-state index in [1.807, 2.05) is 6.92 Å². The molecule has 0 unspecified atom stereocenters. The largest absolute Gasteiger partial charge is 0.492 e. The maximum Gasteiger partial charge on any atom is 0.220 e. The van der Waals surface area contributed by atoms with Gasteiger partial charge in [0.1, 0.15) is 12.4 Å². The van der Waals surface area contributed by atoms with Crippen molar-refractivity contribution in [3.63, 3.8) is 0 Å². The minimum absolute atomic E-state index is 0.0404. The third kappa shape index (κ3) is 4.80. The van der Waals surface area contributed by atoms with E-state index >= 15 is 0 Å². The smallest absolute Gasteiger partial charge is 0.220 e. The molecule has 0 spiro atoms. The molecule has 0 aliphatic heterocycles. The molecule has 1 rings (SSSR count). The summed E-state index contributed by atoms with van der Waals surface area (Å²) >= 11 is 0. The Morgan fingerprint density at radius 3 is 2.76 bits per heavy atom. The van der Waals surface area contributed by atoms with Crippen LogP contribution in [0.25, 0.3) is 0 Å². The number of hydrogen-bond donors (Lipinski definition) is 1. The number of nitrogens with one attached hydrogen (secondary N) is 1. The fourth-order valence-corrected chi connectivity index (χ4v) is 1.24. The Labute approximate surface area is 98.8 Å². The molecule has 0 fully saturated rings. The normalized spacial score (nSPS) is 10.1. The van der Waals surface area contributed by atoms with E-state index in [4.69, 9.17) is 4.74 Å². The van der Waals surface area contributed by atoms with Gasteiger partial charge in [-0.05, 0) is 18.6 Å². The molecule has 1 aromatic rings. The Balaban J connectivity index is 2.26. The van der Waals surface area contributed by atoms with Crippen LogP contribution in [0.15, 0.2) is 18.2 Å². The fraction of sp³-hybridized carbons (Fsp3) is 0.417. The van der Waals surface area contributed by atoms with E-state index < -0.39 is 11.6 Å². The molecule has 1 amide bonds. The van der Waals surface area contributed by atoms with Crippen molar-refractivity contribution < 1.29 is 18.3 Å². The van der Waals surface area contributed by atoms with Crippen LogP contribution in [0.4, 0.5) is 8.78 Å². The van der Waals surface area contributed by atoms with Crippen LogP contribution < -0.4 is 10.1 Å².